The lowest BCUT2D eigenvalue weighted by Crippen LogP contribution is -2.46. The molecular weight excluding hydrogens is 671 g/mol. The molecule has 0 aromatic carbocycles. The first-order valence-electron chi connectivity index (χ1n) is 23.2. The number of amides is 1. The highest BCUT2D eigenvalue weighted by Crippen LogP contribution is 2.17. The summed E-state index contributed by atoms with van der Waals surface area (Å²) in [7, 11) is 0. The SMILES string of the molecule is CC/C=C/C/C=C/CCCCCCCCCC(=O)OC(CCCCC/C=C\CCCCC)CC(=O)NC(CO)C(O)CCCCCCCCCCCCC. The molecule has 0 bridgehead atoms. The number of ether oxygens (including phenoxy) is 1. The van der Waals surface area contributed by atoms with E-state index in [0.29, 0.717) is 19.3 Å². The fourth-order valence-corrected chi connectivity index (χ4v) is 6.93. The average molecular weight is 760 g/mol. The molecule has 6 nitrogen and oxygen atoms in total. The van der Waals surface area contributed by atoms with E-state index in [4.69, 9.17) is 4.74 Å². The first kappa shape index (κ1) is 52.1. The average Bonchev–Trinajstić information content (AvgIpc) is 3.16. The smallest absolute Gasteiger partial charge is 0.306 e. The van der Waals surface area contributed by atoms with Crippen molar-refractivity contribution in [2.75, 3.05) is 6.61 Å². The summed E-state index contributed by atoms with van der Waals surface area (Å²) in [5, 5.41) is 23.6. The number of hydrogen-bond acceptors (Lipinski definition) is 5. The van der Waals surface area contributed by atoms with E-state index in [1.54, 1.807) is 0 Å². The van der Waals surface area contributed by atoms with E-state index in [1.807, 2.05) is 0 Å². The van der Waals surface area contributed by atoms with Crippen molar-refractivity contribution in [3.05, 3.63) is 36.5 Å². The molecule has 3 atom stereocenters. The molecule has 1 amide bonds. The van der Waals surface area contributed by atoms with E-state index in [-0.39, 0.29) is 24.9 Å². The maximum absolute atomic E-state index is 13.1. The van der Waals surface area contributed by atoms with Gasteiger partial charge in [-0.25, -0.2) is 0 Å². The fourth-order valence-electron chi connectivity index (χ4n) is 6.93. The summed E-state index contributed by atoms with van der Waals surface area (Å²) >= 11 is 0. The number of aliphatic hydroxyl groups excluding tert-OH is 2. The van der Waals surface area contributed by atoms with Crippen LogP contribution in [-0.2, 0) is 14.3 Å². The van der Waals surface area contributed by atoms with E-state index < -0.39 is 18.2 Å². The molecule has 3 N–H and O–H groups in total. The zero-order chi connectivity index (χ0) is 39.6. The maximum atomic E-state index is 13.1. The van der Waals surface area contributed by atoms with Gasteiger partial charge in [-0.05, 0) is 77.0 Å². The molecule has 316 valence electrons. The van der Waals surface area contributed by atoms with Crippen LogP contribution in [0.25, 0.3) is 0 Å². The van der Waals surface area contributed by atoms with Gasteiger partial charge in [-0.15, -0.1) is 0 Å². The monoisotopic (exact) mass is 760 g/mol. The van der Waals surface area contributed by atoms with Gasteiger partial charge < -0.3 is 20.3 Å². The van der Waals surface area contributed by atoms with Crippen LogP contribution in [0.3, 0.4) is 0 Å². The van der Waals surface area contributed by atoms with Gasteiger partial charge in [-0.1, -0.05) is 179 Å². The molecule has 0 saturated carbocycles. The highest BCUT2D eigenvalue weighted by molar-refractivity contribution is 5.77. The number of rotatable bonds is 41. The van der Waals surface area contributed by atoms with E-state index in [9.17, 15) is 19.8 Å². The van der Waals surface area contributed by atoms with Gasteiger partial charge in [-0.3, -0.25) is 9.59 Å². The van der Waals surface area contributed by atoms with Gasteiger partial charge >= 0.3 is 5.97 Å². The summed E-state index contributed by atoms with van der Waals surface area (Å²) in [4.78, 5) is 26.0. The van der Waals surface area contributed by atoms with Crippen LogP contribution >= 0.6 is 0 Å². The summed E-state index contributed by atoms with van der Waals surface area (Å²) in [5.74, 6) is -0.498. The Balaban J connectivity index is 4.56. The van der Waals surface area contributed by atoms with E-state index in [2.05, 4.69) is 62.5 Å². The molecule has 0 rings (SSSR count). The Hall–Kier alpha value is -1.92. The molecule has 54 heavy (non-hydrogen) atoms. The van der Waals surface area contributed by atoms with Crippen LogP contribution in [0.2, 0.25) is 0 Å². The Morgan fingerprint density at radius 1 is 0.556 bits per heavy atom. The molecule has 0 aromatic heterocycles. The van der Waals surface area contributed by atoms with Crippen LogP contribution < -0.4 is 5.32 Å². The third-order valence-electron chi connectivity index (χ3n) is 10.5. The van der Waals surface area contributed by atoms with Gasteiger partial charge in [0.2, 0.25) is 5.91 Å². The Labute approximate surface area is 334 Å². The quantitative estimate of drug-likeness (QED) is 0.0328. The van der Waals surface area contributed by atoms with Crippen molar-refractivity contribution in [3.8, 4) is 0 Å². The van der Waals surface area contributed by atoms with E-state index in [0.717, 1.165) is 89.9 Å². The van der Waals surface area contributed by atoms with Gasteiger partial charge in [0.05, 0.1) is 25.2 Å². The molecule has 0 heterocycles. The lowest BCUT2D eigenvalue weighted by Gasteiger charge is -2.24. The molecule has 0 aliphatic rings. The predicted molar refractivity (Wildman–Crippen MR) is 232 cm³/mol. The zero-order valence-corrected chi connectivity index (χ0v) is 35.9. The third-order valence-corrected chi connectivity index (χ3v) is 10.5. The lowest BCUT2D eigenvalue weighted by molar-refractivity contribution is -0.151. The number of unbranched alkanes of at least 4 members (excludes halogenated alkanes) is 23. The van der Waals surface area contributed by atoms with Crippen molar-refractivity contribution in [3.63, 3.8) is 0 Å². The summed E-state index contributed by atoms with van der Waals surface area (Å²) in [6, 6.07) is -0.703. The minimum atomic E-state index is -0.789. The molecule has 0 spiro atoms. The molecule has 0 radical (unpaired) electrons. The first-order valence-corrected chi connectivity index (χ1v) is 23.2. The molecule has 0 fully saturated rings. The standard InChI is InChI=1S/C48H89NO5/c1-4-7-10-13-16-19-22-23-24-26-29-32-35-38-41-48(53)54-44(39-36-33-30-27-21-18-15-12-9-6-3)42-47(52)49-45(43-50)46(51)40-37-34-31-28-25-20-17-14-11-8-5-2/h7,10,16,18-19,21,44-46,50-51H,4-6,8-9,11-15,17,20,22-43H2,1-3H3,(H,49,52)/b10-7+,19-16+,21-18-. The number of nitrogens with one attached hydrogen (secondary N) is 1. The van der Waals surface area contributed by atoms with E-state index >= 15 is 0 Å². The first-order chi connectivity index (χ1) is 26.5. The predicted octanol–water partition coefficient (Wildman–Crippen LogP) is 13.3. The topological polar surface area (TPSA) is 95.9 Å². The summed E-state index contributed by atoms with van der Waals surface area (Å²) < 4.78 is 5.89. The Morgan fingerprint density at radius 2 is 1.00 bits per heavy atom. The number of carbonyl (C=O) groups excluding carboxylic acids is 2. The molecule has 0 aliphatic heterocycles. The van der Waals surface area contributed by atoms with Crippen LogP contribution in [0.5, 0.6) is 0 Å². The van der Waals surface area contributed by atoms with Crippen LogP contribution in [0, 0.1) is 0 Å². The summed E-state index contributed by atoms with van der Waals surface area (Å²) in [6.07, 6.45) is 47.7. The van der Waals surface area contributed by atoms with Crippen molar-refractivity contribution in [1.82, 2.24) is 5.32 Å². The molecule has 3 unspecified atom stereocenters. The molecule has 6 heteroatoms. The lowest BCUT2D eigenvalue weighted by atomic mass is 10.0. The third kappa shape index (κ3) is 37.0. The number of hydrogen-bond donors (Lipinski definition) is 3. The van der Waals surface area contributed by atoms with Gasteiger partial charge in [0.15, 0.2) is 0 Å². The molecule has 0 aliphatic carbocycles. The number of aliphatic hydroxyl groups is 2. The second-order valence-corrected chi connectivity index (χ2v) is 15.8. The van der Waals surface area contributed by atoms with Crippen LogP contribution in [-0.4, -0.2) is 46.9 Å². The highest BCUT2D eigenvalue weighted by Gasteiger charge is 2.24. The van der Waals surface area contributed by atoms with Gasteiger partial charge in [0.1, 0.15) is 6.10 Å². The Bertz CT molecular complexity index is 900. The Morgan fingerprint density at radius 3 is 1.57 bits per heavy atom. The van der Waals surface area contributed by atoms with Crippen molar-refractivity contribution >= 4 is 11.9 Å². The Kier molecular flexibility index (Phi) is 40.7. The van der Waals surface area contributed by atoms with Crippen molar-refractivity contribution in [1.29, 1.82) is 0 Å². The molecule has 0 saturated heterocycles. The van der Waals surface area contributed by atoms with Crippen molar-refractivity contribution < 1.29 is 24.5 Å². The summed E-state index contributed by atoms with van der Waals surface area (Å²) in [6.45, 7) is 6.33. The highest BCUT2D eigenvalue weighted by atomic mass is 16.5. The van der Waals surface area contributed by atoms with Gasteiger partial charge in [0.25, 0.3) is 0 Å². The molecule has 0 aromatic rings. The molecular formula is C48H89NO5. The minimum Gasteiger partial charge on any atom is -0.462 e. The summed E-state index contributed by atoms with van der Waals surface area (Å²) in [5.41, 5.74) is 0. The van der Waals surface area contributed by atoms with Crippen LogP contribution in [0.4, 0.5) is 0 Å². The van der Waals surface area contributed by atoms with Crippen LogP contribution in [0.15, 0.2) is 36.5 Å². The van der Waals surface area contributed by atoms with Crippen molar-refractivity contribution in [2.24, 2.45) is 0 Å². The minimum absolute atomic E-state index is 0.0648. The van der Waals surface area contributed by atoms with E-state index in [1.165, 1.54) is 96.3 Å². The van der Waals surface area contributed by atoms with Crippen LogP contribution in [0.1, 0.15) is 233 Å². The van der Waals surface area contributed by atoms with Crippen molar-refractivity contribution in [2.45, 2.75) is 251 Å². The number of esters is 1. The number of carbonyl (C=O) groups is 2. The largest absolute Gasteiger partial charge is 0.462 e. The fraction of sp³-hybridized carbons (Fsp3) is 0.833. The second kappa shape index (κ2) is 42.2. The van der Waals surface area contributed by atoms with Gasteiger partial charge in [-0.2, -0.15) is 0 Å². The second-order valence-electron chi connectivity index (χ2n) is 15.8. The zero-order valence-electron chi connectivity index (χ0n) is 35.9. The maximum Gasteiger partial charge on any atom is 0.306 e. The normalized spacial score (nSPS) is 13.6. The number of allylic oxidation sites excluding steroid dienone is 6. The van der Waals surface area contributed by atoms with Gasteiger partial charge in [0, 0.05) is 6.42 Å².